The molecule has 0 aliphatic heterocycles. The number of hydrogen-bond acceptors (Lipinski definition) is 4. The van der Waals surface area contributed by atoms with Crippen molar-refractivity contribution < 1.29 is 14.3 Å². The zero-order valence-corrected chi connectivity index (χ0v) is 17.2. The number of fused-ring (bicyclic) bond motifs is 1. The lowest BCUT2D eigenvalue weighted by Gasteiger charge is -2.09. The molecule has 0 amide bonds. The monoisotopic (exact) mass is 406 g/mol. The van der Waals surface area contributed by atoms with Crippen LogP contribution >= 0.6 is 25.0 Å². The number of nitrogens with zero attached hydrogens (tertiary/aromatic N) is 2. The first-order valence-electron chi connectivity index (χ1n) is 8.42. The summed E-state index contributed by atoms with van der Waals surface area (Å²) in [5, 5.41) is -0.0937. The molecule has 1 aromatic heterocycles. The zero-order chi connectivity index (χ0) is 18.7. The van der Waals surface area contributed by atoms with Crippen LogP contribution in [-0.4, -0.2) is 21.8 Å². The molecule has 144 valence electrons. The molecule has 0 saturated heterocycles. The van der Waals surface area contributed by atoms with Gasteiger partial charge in [0.1, 0.15) is 23.9 Å². The number of halogens is 1. The highest BCUT2D eigenvalue weighted by Crippen LogP contribution is 2.22. The molecule has 0 N–H and O–H groups in total. The predicted octanol–water partition coefficient (Wildman–Crippen LogP) is 4.22. The Balaban J connectivity index is 0.00000261. The van der Waals surface area contributed by atoms with Crippen molar-refractivity contribution in [2.24, 2.45) is 13.0 Å². The molecule has 1 heterocycles. The van der Waals surface area contributed by atoms with Crippen LogP contribution in [0.1, 0.15) is 18.3 Å². The van der Waals surface area contributed by atoms with E-state index in [1.165, 1.54) is 0 Å². The van der Waals surface area contributed by atoms with Gasteiger partial charge in [-0.15, -0.1) is 25.0 Å². The lowest BCUT2D eigenvalue weighted by atomic mass is 10.0. The molecule has 0 radical (unpaired) electrons. The normalized spacial score (nSPS) is 11.7. The molecule has 0 aliphatic carbocycles. The van der Waals surface area contributed by atoms with Crippen LogP contribution in [0.15, 0.2) is 42.5 Å². The van der Waals surface area contributed by atoms with Gasteiger partial charge in [0.2, 0.25) is 0 Å². The van der Waals surface area contributed by atoms with Crippen molar-refractivity contribution in [2.75, 3.05) is 7.11 Å². The minimum absolute atomic E-state index is 0. The number of aromatic nitrogens is 2. The third-order valence-electron chi connectivity index (χ3n) is 4.44. The van der Waals surface area contributed by atoms with E-state index in [4.69, 9.17) is 9.47 Å². The second kappa shape index (κ2) is 9.15. The van der Waals surface area contributed by atoms with Crippen LogP contribution in [0.25, 0.3) is 11.0 Å². The Morgan fingerprint density at radius 3 is 2.48 bits per heavy atom. The summed E-state index contributed by atoms with van der Waals surface area (Å²) in [4.78, 5) is 15.9. The Morgan fingerprint density at radius 2 is 1.85 bits per heavy atom. The van der Waals surface area contributed by atoms with Crippen molar-refractivity contribution in [3.8, 4) is 11.5 Å². The fourth-order valence-electron chi connectivity index (χ4n) is 2.79. The van der Waals surface area contributed by atoms with Crippen molar-refractivity contribution in [3.63, 3.8) is 0 Å². The molecule has 0 saturated carbocycles. The van der Waals surface area contributed by atoms with Crippen LogP contribution in [0.2, 0.25) is 0 Å². The summed E-state index contributed by atoms with van der Waals surface area (Å²) in [5.74, 6) is 2.31. The van der Waals surface area contributed by atoms with Gasteiger partial charge in [0.15, 0.2) is 5.12 Å². The maximum atomic E-state index is 11.2. The molecule has 3 aromatic rings. The minimum Gasteiger partial charge on any atom is -0.497 e. The maximum absolute atomic E-state index is 11.2. The average Bonchev–Trinajstić information content (AvgIpc) is 2.96. The lowest BCUT2D eigenvalue weighted by molar-refractivity contribution is -0.113. The molecule has 2 aromatic carbocycles. The van der Waals surface area contributed by atoms with Crippen LogP contribution in [0.5, 0.6) is 11.5 Å². The molecule has 1 atom stereocenters. The van der Waals surface area contributed by atoms with E-state index in [0.29, 0.717) is 13.0 Å². The van der Waals surface area contributed by atoms with E-state index in [1.807, 2.05) is 61.0 Å². The zero-order valence-electron chi connectivity index (χ0n) is 15.5. The number of hydrogen-bond donors (Lipinski definition) is 1. The SMILES string of the molecule is COc1ccc2nc(COc3ccc(CC(C)C(=O)S)cc3)n(C)c2c1.Cl. The van der Waals surface area contributed by atoms with E-state index in [9.17, 15) is 4.79 Å². The number of carbonyl (C=O) groups is 1. The van der Waals surface area contributed by atoms with Crippen LogP contribution < -0.4 is 9.47 Å². The highest BCUT2D eigenvalue weighted by atomic mass is 35.5. The smallest absolute Gasteiger partial charge is 0.189 e. The number of rotatable bonds is 7. The standard InChI is InChI=1S/C20H22N2O3S.ClH/c1-13(20(23)26)10-14-4-6-15(7-5-14)25-12-19-21-17-9-8-16(24-3)11-18(17)22(19)2;/h4-9,11,13H,10,12H2,1-3H3,(H,23,26);1H. The fourth-order valence-corrected chi connectivity index (χ4v) is 2.88. The third kappa shape index (κ3) is 4.96. The summed E-state index contributed by atoms with van der Waals surface area (Å²) >= 11 is 3.88. The second-order valence-electron chi connectivity index (χ2n) is 6.32. The molecule has 0 spiro atoms. The summed E-state index contributed by atoms with van der Waals surface area (Å²) in [7, 11) is 3.62. The van der Waals surface area contributed by atoms with Gasteiger partial charge in [-0.05, 0) is 36.2 Å². The molecule has 0 bridgehead atoms. The Hall–Kier alpha value is -2.18. The van der Waals surface area contributed by atoms with Gasteiger partial charge in [-0.1, -0.05) is 19.1 Å². The lowest BCUT2D eigenvalue weighted by Crippen LogP contribution is -2.07. The van der Waals surface area contributed by atoms with Crippen LogP contribution in [0, 0.1) is 5.92 Å². The molecular weight excluding hydrogens is 384 g/mol. The molecule has 1 unspecified atom stereocenters. The quantitative estimate of drug-likeness (QED) is 0.597. The van der Waals surface area contributed by atoms with Gasteiger partial charge in [0, 0.05) is 19.0 Å². The van der Waals surface area contributed by atoms with Gasteiger partial charge in [-0.2, -0.15) is 0 Å². The van der Waals surface area contributed by atoms with Crippen LogP contribution in [0.3, 0.4) is 0 Å². The van der Waals surface area contributed by atoms with Crippen molar-refractivity contribution >= 4 is 41.2 Å². The van der Waals surface area contributed by atoms with Gasteiger partial charge in [-0.3, -0.25) is 4.79 Å². The summed E-state index contributed by atoms with van der Waals surface area (Å²) in [6.45, 7) is 2.25. The van der Waals surface area contributed by atoms with Crippen LogP contribution in [0.4, 0.5) is 0 Å². The first-order valence-corrected chi connectivity index (χ1v) is 8.86. The number of ether oxygens (including phenoxy) is 2. The molecular formula is C20H23ClN2O3S. The Kier molecular flexibility index (Phi) is 7.16. The minimum atomic E-state index is -0.0953. The maximum Gasteiger partial charge on any atom is 0.189 e. The second-order valence-corrected chi connectivity index (χ2v) is 6.76. The van der Waals surface area contributed by atoms with E-state index < -0.39 is 0 Å². The summed E-state index contributed by atoms with van der Waals surface area (Å²) < 4.78 is 13.1. The molecule has 7 heteroatoms. The molecule has 0 aliphatic rings. The number of methoxy groups -OCH3 is 1. The molecule has 0 fully saturated rings. The van der Waals surface area contributed by atoms with Gasteiger partial charge >= 0.3 is 0 Å². The highest BCUT2D eigenvalue weighted by Gasteiger charge is 2.11. The van der Waals surface area contributed by atoms with Gasteiger partial charge < -0.3 is 14.0 Å². The summed E-state index contributed by atoms with van der Waals surface area (Å²) in [5.41, 5.74) is 3.00. The van der Waals surface area contributed by atoms with E-state index in [2.05, 4.69) is 17.6 Å². The number of carbonyl (C=O) groups excluding carboxylic acids is 1. The van der Waals surface area contributed by atoms with Crippen LogP contribution in [-0.2, 0) is 24.9 Å². The van der Waals surface area contributed by atoms with E-state index in [1.54, 1.807) is 7.11 Å². The third-order valence-corrected chi connectivity index (χ3v) is 4.88. The summed E-state index contributed by atoms with van der Waals surface area (Å²) in [6, 6.07) is 13.6. The van der Waals surface area contributed by atoms with Crippen molar-refractivity contribution in [1.82, 2.24) is 9.55 Å². The van der Waals surface area contributed by atoms with E-state index in [-0.39, 0.29) is 23.4 Å². The van der Waals surface area contributed by atoms with E-state index in [0.717, 1.165) is 33.9 Å². The molecule has 5 nitrogen and oxygen atoms in total. The molecule has 27 heavy (non-hydrogen) atoms. The van der Waals surface area contributed by atoms with Gasteiger partial charge in [0.05, 0.1) is 18.1 Å². The van der Waals surface area contributed by atoms with Crippen molar-refractivity contribution in [1.29, 1.82) is 0 Å². The predicted molar refractivity (Wildman–Crippen MR) is 112 cm³/mol. The van der Waals surface area contributed by atoms with Gasteiger partial charge in [0.25, 0.3) is 0 Å². The summed E-state index contributed by atoms with van der Waals surface area (Å²) in [6.07, 6.45) is 0.676. The Bertz CT molecular complexity index is 925. The highest BCUT2D eigenvalue weighted by molar-refractivity contribution is 7.96. The number of imidazole rings is 1. The average molecular weight is 407 g/mol. The number of thiol groups is 1. The number of benzene rings is 2. The largest absolute Gasteiger partial charge is 0.497 e. The molecule has 3 rings (SSSR count). The topological polar surface area (TPSA) is 53.4 Å². The van der Waals surface area contributed by atoms with Crippen molar-refractivity contribution in [3.05, 3.63) is 53.9 Å². The Morgan fingerprint density at radius 1 is 1.19 bits per heavy atom. The first-order chi connectivity index (χ1) is 12.5. The van der Waals surface area contributed by atoms with Crippen molar-refractivity contribution in [2.45, 2.75) is 20.0 Å². The first kappa shape index (κ1) is 21.1. The number of aryl methyl sites for hydroxylation is 1. The van der Waals surface area contributed by atoms with E-state index >= 15 is 0 Å². The van der Waals surface area contributed by atoms with Gasteiger partial charge in [-0.25, -0.2) is 4.98 Å². The Labute approximate surface area is 170 Å². The fraction of sp³-hybridized carbons (Fsp3) is 0.300.